The molecule has 0 radical (unpaired) electrons. The van der Waals surface area contributed by atoms with Crippen molar-refractivity contribution < 1.29 is 0 Å². The van der Waals surface area contributed by atoms with E-state index in [1.165, 1.54) is 25.7 Å². The molecule has 3 aromatic heterocycles. The summed E-state index contributed by atoms with van der Waals surface area (Å²) >= 11 is 0. The highest BCUT2D eigenvalue weighted by molar-refractivity contribution is 5.89. The number of hydrogen-bond acceptors (Lipinski definition) is 4. The molecule has 22 heavy (non-hydrogen) atoms. The highest BCUT2D eigenvalue weighted by atomic mass is 15.3. The van der Waals surface area contributed by atoms with E-state index in [1.54, 1.807) is 0 Å². The van der Waals surface area contributed by atoms with Crippen LogP contribution in [0.15, 0.2) is 24.7 Å². The number of aromatic nitrogens is 6. The summed E-state index contributed by atoms with van der Waals surface area (Å²) in [5.41, 5.74) is 2.62. The molecule has 1 atom stereocenters. The average molecular weight is 296 g/mol. The van der Waals surface area contributed by atoms with E-state index in [4.69, 9.17) is 0 Å². The van der Waals surface area contributed by atoms with Gasteiger partial charge in [0.05, 0.1) is 12.2 Å². The number of rotatable bonds is 4. The zero-order chi connectivity index (χ0) is 14.9. The maximum Gasteiger partial charge on any atom is 0.164 e. The molecular formula is C16H20N6. The van der Waals surface area contributed by atoms with Gasteiger partial charge < -0.3 is 4.98 Å². The summed E-state index contributed by atoms with van der Waals surface area (Å²) in [5.74, 6) is 0.758. The molecule has 6 heteroatoms. The van der Waals surface area contributed by atoms with Gasteiger partial charge in [-0.05, 0) is 36.5 Å². The molecule has 1 fully saturated rings. The van der Waals surface area contributed by atoms with Crippen LogP contribution in [0.5, 0.6) is 0 Å². The molecule has 3 aromatic rings. The lowest BCUT2D eigenvalue weighted by Gasteiger charge is -2.22. The Kier molecular flexibility index (Phi) is 3.36. The summed E-state index contributed by atoms with van der Waals surface area (Å²) < 4.78 is 2.13. The van der Waals surface area contributed by atoms with Crippen LogP contribution in [0.4, 0.5) is 0 Å². The summed E-state index contributed by atoms with van der Waals surface area (Å²) in [5, 5.41) is 17.7. The van der Waals surface area contributed by atoms with E-state index >= 15 is 0 Å². The fourth-order valence-electron chi connectivity index (χ4n) is 3.73. The highest BCUT2D eigenvalue weighted by Crippen LogP contribution is 2.36. The van der Waals surface area contributed by atoms with Crippen molar-refractivity contribution in [2.75, 3.05) is 0 Å². The fraction of sp³-hybridized carbons (Fsp3) is 0.500. The van der Waals surface area contributed by atoms with Crippen molar-refractivity contribution in [1.82, 2.24) is 30.2 Å². The van der Waals surface area contributed by atoms with Crippen molar-refractivity contribution in [2.45, 2.75) is 45.1 Å². The molecule has 3 heterocycles. The van der Waals surface area contributed by atoms with E-state index in [1.807, 2.05) is 18.5 Å². The minimum Gasteiger partial charge on any atom is -0.345 e. The minimum atomic E-state index is 0.493. The van der Waals surface area contributed by atoms with Gasteiger partial charge >= 0.3 is 0 Å². The summed E-state index contributed by atoms with van der Waals surface area (Å²) in [6, 6.07) is 2.48. The van der Waals surface area contributed by atoms with Gasteiger partial charge in [0.25, 0.3) is 0 Å². The maximum absolute atomic E-state index is 4.62. The molecule has 1 aliphatic carbocycles. The highest BCUT2D eigenvalue weighted by Gasteiger charge is 2.26. The molecule has 114 valence electrons. The third-order valence-corrected chi connectivity index (χ3v) is 4.85. The summed E-state index contributed by atoms with van der Waals surface area (Å²) in [6.07, 6.45) is 12.4. The van der Waals surface area contributed by atoms with Gasteiger partial charge in [-0.2, -0.15) is 5.10 Å². The summed E-state index contributed by atoms with van der Waals surface area (Å²) in [7, 11) is 0. The Bertz CT molecular complexity index is 768. The van der Waals surface area contributed by atoms with E-state index in [0.717, 1.165) is 34.6 Å². The van der Waals surface area contributed by atoms with Crippen molar-refractivity contribution in [3.63, 3.8) is 0 Å². The second-order valence-electron chi connectivity index (χ2n) is 6.11. The number of nitrogens with zero attached hydrogens (tertiary/aromatic N) is 5. The van der Waals surface area contributed by atoms with Crippen LogP contribution >= 0.6 is 0 Å². The first-order valence-corrected chi connectivity index (χ1v) is 8.08. The molecule has 6 nitrogen and oxygen atoms in total. The van der Waals surface area contributed by atoms with Crippen LogP contribution in [0, 0.1) is 5.92 Å². The van der Waals surface area contributed by atoms with Gasteiger partial charge in [0.2, 0.25) is 0 Å². The molecule has 1 aliphatic rings. The summed E-state index contributed by atoms with van der Waals surface area (Å²) in [4.78, 5) is 3.07. The third kappa shape index (κ3) is 2.19. The van der Waals surface area contributed by atoms with Gasteiger partial charge in [0, 0.05) is 23.3 Å². The second kappa shape index (κ2) is 5.51. The van der Waals surface area contributed by atoms with Crippen molar-refractivity contribution in [3.8, 4) is 11.3 Å². The van der Waals surface area contributed by atoms with Gasteiger partial charge in [-0.15, -0.1) is 10.2 Å². The fourth-order valence-corrected chi connectivity index (χ4v) is 3.73. The van der Waals surface area contributed by atoms with Gasteiger partial charge in [0.15, 0.2) is 5.65 Å². The number of H-pyrrole nitrogens is 1. The topological polar surface area (TPSA) is 72.3 Å². The first kappa shape index (κ1) is 13.4. The average Bonchev–Trinajstić information content (AvgIpc) is 3.29. The van der Waals surface area contributed by atoms with Crippen LogP contribution in [0.2, 0.25) is 0 Å². The van der Waals surface area contributed by atoms with Crippen LogP contribution < -0.4 is 0 Å². The predicted octanol–water partition coefficient (Wildman–Crippen LogP) is 3.36. The van der Waals surface area contributed by atoms with Gasteiger partial charge in [-0.1, -0.05) is 19.8 Å². The molecule has 0 aromatic carbocycles. The minimum absolute atomic E-state index is 0.493. The Morgan fingerprint density at radius 3 is 3.00 bits per heavy atom. The second-order valence-corrected chi connectivity index (χ2v) is 6.11. The smallest absolute Gasteiger partial charge is 0.164 e. The van der Waals surface area contributed by atoms with E-state index in [-0.39, 0.29) is 0 Å². The number of nitrogens with one attached hydrogen (secondary N) is 1. The Hall–Kier alpha value is -2.24. The largest absolute Gasteiger partial charge is 0.345 e. The lowest BCUT2D eigenvalue weighted by Crippen LogP contribution is -2.17. The Morgan fingerprint density at radius 1 is 1.32 bits per heavy atom. The van der Waals surface area contributed by atoms with Gasteiger partial charge in [0.1, 0.15) is 5.69 Å². The molecule has 4 rings (SSSR count). The lowest BCUT2D eigenvalue weighted by atomic mass is 9.96. The molecule has 0 bridgehead atoms. The van der Waals surface area contributed by atoms with Crippen LogP contribution in [0.1, 0.15) is 45.1 Å². The number of aromatic amines is 1. The monoisotopic (exact) mass is 296 g/mol. The summed E-state index contributed by atoms with van der Waals surface area (Å²) in [6.45, 7) is 2.25. The molecule has 0 spiro atoms. The lowest BCUT2D eigenvalue weighted by molar-refractivity contribution is 0.301. The van der Waals surface area contributed by atoms with Crippen molar-refractivity contribution in [3.05, 3.63) is 24.7 Å². The van der Waals surface area contributed by atoms with E-state index < -0.39 is 0 Å². The molecule has 0 amide bonds. The maximum atomic E-state index is 4.62. The Morgan fingerprint density at radius 2 is 2.18 bits per heavy atom. The molecule has 0 saturated heterocycles. The number of hydrogen-bond donors (Lipinski definition) is 1. The van der Waals surface area contributed by atoms with E-state index in [9.17, 15) is 0 Å². The number of fused-ring (bicyclic) bond motifs is 1. The molecule has 1 N–H and O–H groups in total. The van der Waals surface area contributed by atoms with Crippen molar-refractivity contribution in [1.29, 1.82) is 0 Å². The normalized spacial score (nSPS) is 17.3. The molecule has 1 saturated carbocycles. The zero-order valence-electron chi connectivity index (χ0n) is 12.7. The van der Waals surface area contributed by atoms with Crippen LogP contribution in [0.3, 0.4) is 0 Å². The van der Waals surface area contributed by atoms with E-state index in [0.29, 0.717) is 6.04 Å². The first-order valence-electron chi connectivity index (χ1n) is 8.08. The first-order chi connectivity index (χ1) is 10.9. The van der Waals surface area contributed by atoms with Gasteiger partial charge in [-0.25, -0.2) is 0 Å². The Balaban J connectivity index is 1.70. The molecular weight excluding hydrogens is 276 g/mol. The predicted molar refractivity (Wildman–Crippen MR) is 84.2 cm³/mol. The quantitative estimate of drug-likeness (QED) is 0.801. The third-order valence-electron chi connectivity index (χ3n) is 4.85. The zero-order valence-corrected chi connectivity index (χ0v) is 12.7. The molecule has 0 aliphatic heterocycles. The molecule has 0 unspecified atom stereocenters. The van der Waals surface area contributed by atoms with Crippen LogP contribution in [-0.2, 0) is 0 Å². The standard InChI is InChI=1S/C16H20N6/c1-2-14(11-5-3-4-6-11)22-10-12(9-18-22)15-13-7-8-17-16(13)20-21-19-15/h7-11,14H,2-6H2,1H3,(H,17,19,20)/t14-/m1/s1. The van der Waals surface area contributed by atoms with Crippen LogP contribution in [-0.4, -0.2) is 30.2 Å². The Labute approximate surface area is 128 Å². The van der Waals surface area contributed by atoms with E-state index in [2.05, 4.69) is 43.3 Å². The van der Waals surface area contributed by atoms with Crippen molar-refractivity contribution >= 4 is 11.0 Å². The van der Waals surface area contributed by atoms with Gasteiger partial charge in [-0.3, -0.25) is 4.68 Å². The van der Waals surface area contributed by atoms with Crippen LogP contribution in [0.25, 0.3) is 22.3 Å². The SMILES string of the molecule is CC[C@H](C1CCCC1)n1cc(-c2nnnc3[nH]ccc23)cn1. The van der Waals surface area contributed by atoms with Crippen molar-refractivity contribution in [2.24, 2.45) is 5.92 Å².